The van der Waals surface area contributed by atoms with Gasteiger partial charge >= 0.3 is 0 Å². The molecule has 1 heterocycles. The average Bonchev–Trinajstić information content (AvgIpc) is 3.27. The molecular formula is C13H23N3O4. The van der Waals surface area contributed by atoms with Gasteiger partial charge in [-0.15, -0.1) is 0 Å². The maximum absolute atomic E-state index is 12.3. The van der Waals surface area contributed by atoms with Gasteiger partial charge < -0.3 is 25.4 Å². The lowest BCUT2D eigenvalue weighted by Gasteiger charge is -2.36. The van der Waals surface area contributed by atoms with E-state index in [9.17, 15) is 9.59 Å². The second-order valence-corrected chi connectivity index (χ2v) is 5.29. The van der Waals surface area contributed by atoms with E-state index in [0.29, 0.717) is 26.2 Å². The topological polar surface area (TPSA) is 93.9 Å². The third kappa shape index (κ3) is 3.91. The van der Waals surface area contributed by atoms with Gasteiger partial charge in [0.05, 0.1) is 19.3 Å². The maximum atomic E-state index is 12.3. The van der Waals surface area contributed by atoms with Gasteiger partial charge in [0.2, 0.25) is 11.8 Å². The number of nitrogens with one attached hydrogen (secondary N) is 1. The van der Waals surface area contributed by atoms with Gasteiger partial charge in [0, 0.05) is 26.3 Å². The van der Waals surface area contributed by atoms with Crippen molar-refractivity contribution < 1.29 is 19.1 Å². The molecule has 0 aromatic carbocycles. The van der Waals surface area contributed by atoms with Crippen molar-refractivity contribution in [3.8, 4) is 0 Å². The van der Waals surface area contributed by atoms with E-state index >= 15 is 0 Å². The van der Waals surface area contributed by atoms with Crippen LogP contribution in [0.1, 0.15) is 19.3 Å². The van der Waals surface area contributed by atoms with E-state index < -0.39 is 12.1 Å². The van der Waals surface area contributed by atoms with Crippen LogP contribution in [-0.2, 0) is 19.1 Å². The maximum Gasteiger partial charge on any atom is 0.245 e. The van der Waals surface area contributed by atoms with Crippen LogP contribution in [0.2, 0.25) is 0 Å². The molecule has 0 aromatic rings. The lowest BCUT2D eigenvalue weighted by Crippen LogP contribution is -2.59. The molecule has 1 saturated carbocycles. The number of methoxy groups -OCH3 is 1. The Labute approximate surface area is 118 Å². The fourth-order valence-electron chi connectivity index (χ4n) is 2.19. The van der Waals surface area contributed by atoms with E-state index in [0.717, 1.165) is 12.8 Å². The molecule has 0 bridgehead atoms. The minimum atomic E-state index is -0.635. The SMILES string of the molecule is COCCC(N)C(=O)N1CCOCC1C(=O)NC1CC1. The Bertz CT molecular complexity index is 360. The summed E-state index contributed by atoms with van der Waals surface area (Å²) in [4.78, 5) is 26.0. The van der Waals surface area contributed by atoms with Crippen LogP contribution in [-0.4, -0.2) is 68.3 Å². The van der Waals surface area contributed by atoms with Gasteiger partial charge in [0.25, 0.3) is 0 Å². The van der Waals surface area contributed by atoms with Crippen LogP contribution in [0.3, 0.4) is 0 Å². The molecule has 2 fully saturated rings. The molecule has 2 rings (SSSR count). The summed E-state index contributed by atoms with van der Waals surface area (Å²) in [6.07, 6.45) is 2.48. The average molecular weight is 285 g/mol. The monoisotopic (exact) mass is 285 g/mol. The molecule has 7 heteroatoms. The van der Waals surface area contributed by atoms with Gasteiger partial charge in [-0.05, 0) is 19.3 Å². The fraction of sp³-hybridized carbons (Fsp3) is 0.846. The first kappa shape index (κ1) is 15.2. The number of hydrogen-bond donors (Lipinski definition) is 2. The molecule has 2 aliphatic rings. The summed E-state index contributed by atoms with van der Waals surface area (Å²) in [5, 5.41) is 2.91. The standard InChI is InChI=1S/C13H23N3O4/c1-19-6-4-10(14)13(18)16-5-7-20-8-11(16)12(17)15-9-2-3-9/h9-11H,2-8,14H2,1H3,(H,15,17). The van der Waals surface area contributed by atoms with Crippen molar-refractivity contribution in [1.82, 2.24) is 10.2 Å². The van der Waals surface area contributed by atoms with Crippen molar-refractivity contribution in [2.75, 3.05) is 33.5 Å². The van der Waals surface area contributed by atoms with Crippen molar-refractivity contribution in [2.45, 2.75) is 37.4 Å². The van der Waals surface area contributed by atoms with E-state index in [1.165, 1.54) is 0 Å². The highest BCUT2D eigenvalue weighted by Crippen LogP contribution is 2.20. The van der Waals surface area contributed by atoms with E-state index in [4.69, 9.17) is 15.2 Å². The van der Waals surface area contributed by atoms with Crippen molar-refractivity contribution >= 4 is 11.8 Å². The van der Waals surface area contributed by atoms with Crippen molar-refractivity contribution in [2.24, 2.45) is 5.73 Å². The third-order valence-electron chi connectivity index (χ3n) is 3.59. The van der Waals surface area contributed by atoms with Crippen LogP contribution in [0.4, 0.5) is 0 Å². The number of carbonyl (C=O) groups is 2. The second kappa shape index (κ2) is 7.01. The molecular weight excluding hydrogens is 262 g/mol. The van der Waals surface area contributed by atoms with E-state index in [1.807, 2.05) is 0 Å². The van der Waals surface area contributed by atoms with Crippen molar-refractivity contribution in [1.29, 1.82) is 0 Å². The smallest absolute Gasteiger partial charge is 0.245 e. The summed E-state index contributed by atoms with van der Waals surface area (Å²) in [5.74, 6) is -0.346. The lowest BCUT2D eigenvalue weighted by molar-refractivity contribution is -0.149. The number of hydrogen-bond acceptors (Lipinski definition) is 5. The van der Waals surface area contributed by atoms with Crippen LogP contribution in [0.5, 0.6) is 0 Å². The number of nitrogens with zero attached hydrogens (tertiary/aromatic N) is 1. The molecule has 1 aliphatic heterocycles. The molecule has 1 saturated heterocycles. The van der Waals surface area contributed by atoms with Crippen LogP contribution < -0.4 is 11.1 Å². The summed E-state index contributed by atoms with van der Waals surface area (Å²) >= 11 is 0. The van der Waals surface area contributed by atoms with Crippen LogP contribution in [0.15, 0.2) is 0 Å². The summed E-state index contributed by atoms with van der Waals surface area (Å²) in [6.45, 7) is 1.51. The largest absolute Gasteiger partial charge is 0.385 e. The lowest BCUT2D eigenvalue weighted by atomic mass is 10.1. The number of amides is 2. The highest BCUT2D eigenvalue weighted by Gasteiger charge is 2.36. The number of nitrogens with two attached hydrogens (primary N) is 1. The predicted octanol–water partition coefficient (Wildman–Crippen LogP) is -1.14. The predicted molar refractivity (Wildman–Crippen MR) is 72.0 cm³/mol. The summed E-state index contributed by atoms with van der Waals surface area (Å²) in [7, 11) is 1.57. The second-order valence-electron chi connectivity index (χ2n) is 5.29. The van der Waals surface area contributed by atoms with Crippen LogP contribution in [0.25, 0.3) is 0 Å². The van der Waals surface area contributed by atoms with Crippen molar-refractivity contribution in [3.63, 3.8) is 0 Å². The molecule has 1 aliphatic carbocycles. The Balaban J connectivity index is 1.94. The zero-order valence-electron chi connectivity index (χ0n) is 11.8. The van der Waals surface area contributed by atoms with Gasteiger partial charge in [-0.25, -0.2) is 0 Å². The van der Waals surface area contributed by atoms with Gasteiger partial charge in [-0.1, -0.05) is 0 Å². The first-order valence-corrected chi connectivity index (χ1v) is 7.06. The Morgan fingerprint density at radius 3 is 2.90 bits per heavy atom. The van der Waals surface area contributed by atoms with Crippen molar-refractivity contribution in [3.05, 3.63) is 0 Å². The summed E-state index contributed by atoms with van der Waals surface area (Å²) < 4.78 is 10.3. The number of ether oxygens (including phenoxy) is 2. The van der Waals surface area contributed by atoms with Gasteiger partial charge in [0.15, 0.2) is 0 Å². The molecule has 0 aromatic heterocycles. The summed E-state index contributed by atoms with van der Waals surface area (Å²) in [5.41, 5.74) is 5.87. The minimum absolute atomic E-state index is 0.139. The highest BCUT2D eigenvalue weighted by molar-refractivity contribution is 5.90. The fourth-order valence-corrected chi connectivity index (χ4v) is 2.19. The van der Waals surface area contributed by atoms with Gasteiger partial charge in [0.1, 0.15) is 6.04 Å². The van der Waals surface area contributed by atoms with E-state index in [1.54, 1.807) is 12.0 Å². The normalized spacial score (nSPS) is 24.3. The minimum Gasteiger partial charge on any atom is -0.385 e. The Morgan fingerprint density at radius 2 is 2.25 bits per heavy atom. The molecule has 3 N–H and O–H groups in total. The number of carbonyl (C=O) groups excluding carboxylic acids is 2. The third-order valence-corrected chi connectivity index (χ3v) is 3.59. The zero-order valence-corrected chi connectivity index (χ0v) is 11.8. The van der Waals surface area contributed by atoms with E-state index in [-0.39, 0.29) is 24.5 Å². The molecule has 20 heavy (non-hydrogen) atoms. The molecule has 114 valence electrons. The first-order chi connectivity index (χ1) is 9.63. The highest BCUT2D eigenvalue weighted by atomic mass is 16.5. The number of morpholine rings is 1. The van der Waals surface area contributed by atoms with E-state index in [2.05, 4.69) is 5.32 Å². The molecule has 0 spiro atoms. The Hall–Kier alpha value is -1.18. The molecule has 2 amide bonds. The van der Waals surface area contributed by atoms with Crippen LogP contribution >= 0.6 is 0 Å². The molecule has 7 nitrogen and oxygen atoms in total. The molecule has 0 radical (unpaired) electrons. The quantitative estimate of drug-likeness (QED) is 0.643. The van der Waals surface area contributed by atoms with Gasteiger partial charge in [-0.3, -0.25) is 9.59 Å². The molecule has 2 unspecified atom stereocenters. The number of rotatable bonds is 6. The molecule has 2 atom stereocenters. The zero-order chi connectivity index (χ0) is 14.5. The van der Waals surface area contributed by atoms with Crippen LogP contribution in [0, 0.1) is 0 Å². The first-order valence-electron chi connectivity index (χ1n) is 7.06. The van der Waals surface area contributed by atoms with Gasteiger partial charge in [-0.2, -0.15) is 0 Å². The Kier molecular flexibility index (Phi) is 5.33. The Morgan fingerprint density at radius 1 is 1.50 bits per heavy atom. The summed E-state index contributed by atoms with van der Waals surface area (Å²) in [6, 6.07) is -0.932.